The lowest BCUT2D eigenvalue weighted by atomic mass is 10.0. The molecular weight excluding hydrogens is 420 g/mol. The molecule has 0 amide bonds. The van der Waals surface area contributed by atoms with Crippen LogP contribution in [0.5, 0.6) is 0 Å². The van der Waals surface area contributed by atoms with Gasteiger partial charge in [-0.1, -0.05) is 55.3 Å². The van der Waals surface area contributed by atoms with Gasteiger partial charge < -0.3 is 0 Å². The minimum Gasteiger partial charge on any atom is -0.244 e. The number of rotatable bonds is 6. The number of nitrogens with one attached hydrogen (secondary N) is 1. The molecule has 0 unspecified atom stereocenters. The van der Waals surface area contributed by atoms with Crippen molar-refractivity contribution in [2.24, 2.45) is 0 Å². The number of fused-ring (bicyclic) bond motifs is 1. The summed E-state index contributed by atoms with van der Waals surface area (Å²) in [6, 6.07) is 20.2. The average Bonchev–Trinajstić information content (AvgIpc) is 3.38. The van der Waals surface area contributed by atoms with E-state index in [-0.39, 0.29) is 11.4 Å². The number of aromatic nitrogens is 3. The van der Waals surface area contributed by atoms with Crippen molar-refractivity contribution in [2.75, 3.05) is 0 Å². The van der Waals surface area contributed by atoms with Gasteiger partial charge >= 0.3 is 0 Å². The molecule has 0 aliphatic heterocycles. The summed E-state index contributed by atoms with van der Waals surface area (Å²) in [5, 5.41) is 0. The minimum atomic E-state index is -3.66. The summed E-state index contributed by atoms with van der Waals surface area (Å²) in [4.78, 5) is 14.0. The fraction of sp³-hybridized carbons (Fsp3) is 0.240. The van der Waals surface area contributed by atoms with Crippen LogP contribution in [0.4, 0.5) is 0 Å². The van der Waals surface area contributed by atoms with Crippen LogP contribution in [0.2, 0.25) is 0 Å². The molecule has 32 heavy (non-hydrogen) atoms. The van der Waals surface area contributed by atoms with E-state index >= 15 is 0 Å². The fourth-order valence-corrected chi connectivity index (χ4v) is 5.36. The predicted molar refractivity (Wildman–Crippen MR) is 124 cm³/mol. The third-order valence-electron chi connectivity index (χ3n) is 6.00. The van der Waals surface area contributed by atoms with Crippen LogP contribution in [-0.2, 0) is 16.6 Å². The van der Waals surface area contributed by atoms with E-state index in [1.165, 1.54) is 12.8 Å². The van der Waals surface area contributed by atoms with Gasteiger partial charge in [0.1, 0.15) is 11.8 Å². The Bertz CT molecular complexity index is 1350. The van der Waals surface area contributed by atoms with Gasteiger partial charge in [0.2, 0.25) is 10.0 Å². The SMILES string of the molecule is O=S(=O)(NCc1ccccc1)c1cccc(-c2ccc3ncnc(C4CCCC4)c3n2)c1. The Morgan fingerprint density at radius 1 is 0.906 bits per heavy atom. The summed E-state index contributed by atoms with van der Waals surface area (Å²) in [6.07, 6.45) is 6.29. The number of nitrogens with zero attached hydrogens (tertiary/aromatic N) is 3. The van der Waals surface area contributed by atoms with E-state index in [9.17, 15) is 8.42 Å². The van der Waals surface area contributed by atoms with Crippen LogP contribution in [-0.4, -0.2) is 23.4 Å². The van der Waals surface area contributed by atoms with Gasteiger partial charge in [-0.2, -0.15) is 0 Å². The van der Waals surface area contributed by atoms with Gasteiger partial charge in [-0.3, -0.25) is 0 Å². The lowest BCUT2D eigenvalue weighted by Crippen LogP contribution is -2.23. The first-order valence-corrected chi connectivity index (χ1v) is 12.3. The van der Waals surface area contributed by atoms with Crippen molar-refractivity contribution in [3.8, 4) is 11.3 Å². The Hall–Kier alpha value is -3.16. The van der Waals surface area contributed by atoms with E-state index in [1.807, 2.05) is 48.5 Å². The van der Waals surface area contributed by atoms with Crippen molar-refractivity contribution >= 4 is 21.1 Å². The lowest BCUT2D eigenvalue weighted by molar-refractivity contribution is 0.581. The fourth-order valence-electron chi connectivity index (χ4n) is 4.30. The van der Waals surface area contributed by atoms with E-state index in [1.54, 1.807) is 24.5 Å². The van der Waals surface area contributed by atoms with Gasteiger partial charge in [0.15, 0.2) is 0 Å². The van der Waals surface area contributed by atoms with Crippen molar-refractivity contribution < 1.29 is 8.42 Å². The summed E-state index contributed by atoms with van der Waals surface area (Å²) >= 11 is 0. The molecule has 2 heterocycles. The summed E-state index contributed by atoms with van der Waals surface area (Å²) in [6.45, 7) is 0.240. The van der Waals surface area contributed by atoms with Crippen LogP contribution in [0.15, 0.2) is 78.0 Å². The van der Waals surface area contributed by atoms with Crippen LogP contribution in [0.25, 0.3) is 22.3 Å². The lowest BCUT2D eigenvalue weighted by Gasteiger charge is -2.12. The Morgan fingerprint density at radius 2 is 1.72 bits per heavy atom. The van der Waals surface area contributed by atoms with Gasteiger partial charge in [0, 0.05) is 18.0 Å². The second kappa shape index (κ2) is 8.76. The molecule has 1 fully saturated rings. The van der Waals surface area contributed by atoms with Gasteiger partial charge in [0.25, 0.3) is 0 Å². The van der Waals surface area contributed by atoms with Crippen LogP contribution in [0.1, 0.15) is 42.9 Å². The molecule has 0 atom stereocenters. The summed E-state index contributed by atoms with van der Waals surface area (Å²) < 4.78 is 28.4. The largest absolute Gasteiger partial charge is 0.244 e. The second-order valence-electron chi connectivity index (χ2n) is 8.14. The maximum atomic E-state index is 12.9. The van der Waals surface area contributed by atoms with E-state index in [0.29, 0.717) is 11.6 Å². The maximum absolute atomic E-state index is 12.9. The third kappa shape index (κ3) is 4.26. The van der Waals surface area contributed by atoms with Gasteiger partial charge in [-0.25, -0.2) is 28.1 Å². The van der Waals surface area contributed by atoms with E-state index in [4.69, 9.17) is 4.98 Å². The zero-order valence-corrected chi connectivity index (χ0v) is 18.4. The number of pyridine rings is 1. The highest BCUT2D eigenvalue weighted by Gasteiger charge is 2.22. The molecule has 6 nitrogen and oxygen atoms in total. The van der Waals surface area contributed by atoms with Crippen molar-refractivity contribution in [3.63, 3.8) is 0 Å². The van der Waals surface area contributed by atoms with Crippen molar-refractivity contribution in [1.82, 2.24) is 19.7 Å². The first kappa shape index (κ1) is 20.7. The Morgan fingerprint density at radius 3 is 2.53 bits per heavy atom. The smallest absolute Gasteiger partial charge is 0.240 e. The molecule has 1 aliphatic rings. The third-order valence-corrected chi connectivity index (χ3v) is 7.40. The molecule has 0 saturated heterocycles. The molecule has 2 aromatic carbocycles. The van der Waals surface area contributed by atoms with Crippen molar-refractivity contribution in [2.45, 2.75) is 43.0 Å². The highest BCUT2D eigenvalue weighted by atomic mass is 32.2. The Balaban J connectivity index is 1.46. The highest BCUT2D eigenvalue weighted by molar-refractivity contribution is 7.89. The Labute approximate surface area is 187 Å². The monoisotopic (exact) mass is 444 g/mol. The summed E-state index contributed by atoms with van der Waals surface area (Å²) in [5.74, 6) is 0.414. The van der Waals surface area contributed by atoms with E-state index in [0.717, 1.165) is 40.7 Å². The molecule has 1 aliphatic carbocycles. The van der Waals surface area contributed by atoms with Gasteiger partial charge in [-0.15, -0.1) is 0 Å². The first-order chi connectivity index (χ1) is 15.6. The van der Waals surface area contributed by atoms with Crippen LogP contribution < -0.4 is 4.72 Å². The predicted octanol–water partition coefficient (Wildman–Crippen LogP) is 4.83. The van der Waals surface area contributed by atoms with Crippen LogP contribution in [0.3, 0.4) is 0 Å². The highest BCUT2D eigenvalue weighted by Crippen LogP contribution is 2.36. The standard InChI is InChI=1S/C25H24N4O2S/c30-32(31,28-16-18-7-2-1-3-8-18)21-12-6-11-20(15-21)22-13-14-23-25(29-22)24(27-17-26-23)19-9-4-5-10-19/h1-3,6-8,11-15,17,19,28H,4-5,9-10,16H2. The number of hydrogen-bond acceptors (Lipinski definition) is 5. The van der Waals surface area contributed by atoms with E-state index < -0.39 is 10.0 Å². The quantitative estimate of drug-likeness (QED) is 0.460. The molecule has 5 rings (SSSR count). The molecule has 1 N–H and O–H groups in total. The maximum Gasteiger partial charge on any atom is 0.240 e. The summed E-state index contributed by atoms with van der Waals surface area (Å²) in [7, 11) is -3.66. The number of hydrogen-bond donors (Lipinski definition) is 1. The Kier molecular flexibility index (Phi) is 5.68. The molecule has 4 aromatic rings. The normalized spacial score (nSPS) is 14.8. The number of sulfonamides is 1. The molecule has 162 valence electrons. The topological polar surface area (TPSA) is 84.8 Å². The van der Waals surface area contributed by atoms with Crippen molar-refractivity contribution in [3.05, 3.63) is 84.3 Å². The molecule has 0 bridgehead atoms. The second-order valence-corrected chi connectivity index (χ2v) is 9.91. The molecule has 7 heteroatoms. The molecule has 0 spiro atoms. The van der Waals surface area contributed by atoms with Crippen LogP contribution in [0, 0.1) is 0 Å². The molecule has 2 aromatic heterocycles. The van der Waals surface area contributed by atoms with Crippen molar-refractivity contribution in [1.29, 1.82) is 0 Å². The molecular formula is C25H24N4O2S. The zero-order chi connectivity index (χ0) is 22.0. The van der Waals surface area contributed by atoms with Crippen LogP contribution >= 0.6 is 0 Å². The molecule has 1 saturated carbocycles. The van der Waals surface area contributed by atoms with Gasteiger partial charge in [-0.05, 0) is 42.7 Å². The van der Waals surface area contributed by atoms with E-state index in [2.05, 4.69) is 14.7 Å². The first-order valence-electron chi connectivity index (χ1n) is 10.9. The summed E-state index contributed by atoms with van der Waals surface area (Å²) in [5.41, 5.74) is 5.00. The number of benzene rings is 2. The molecule has 0 radical (unpaired) electrons. The van der Waals surface area contributed by atoms with Gasteiger partial charge in [0.05, 0.1) is 21.8 Å². The average molecular weight is 445 g/mol. The zero-order valence-electron chi connectivity index (χ0n) is 17.6. The minimum absolute atomic E-state index is 0.216.